The van der Waals surface area contributed by atoms with E-state index in [9.17, 15) is 32.5 Å². The van der Waals surface area contributed by atoms with E-state index in [2.05, 4.69) is 0 Å². The van der Waals surface area contributed by atoms with E-state index in [1.165, 1.54) is 0 Å². The first-order valence-corrected chi connectivity index (χ1v) is 5.90. The van der Waals surface area contributed by atoms with Gasteiger partial charge in [0.1, 0.15) is 11.4 Å². The molecule has 0 aliphatic heterocycles. The summed E-state index contributed by atoms with van der Waals surface area (Å²) in [5, 5.41) is 10.8. The Hall–Kier alpha value is -2.71. The molecule has 0 saturated carbocycles. The van der Waals surface area contributed by atoms with Crippen molar-refractivity contribution in [3.05, 3.63) is 73.9 Å². The summed E-state index contributed by atoms with van der Waals surface area (Å²) in [7, 11) is 0. The normalized spacial score (nSPS) is 11.5. The van der Waals surface area contributed by atoms with E-state index in [0.717, 1.165) is 30.5 Å². The fraction of sp³-hybridized carbons (Fsp3) is 0.154. The number of nitro benzene ring substituents is 1. The zero-order valence-electron chi connectivity index (χ0n) is 10.8. The Balaban J connectivity index is 2.54. The summed E-state index contributed by atoms with van der Waals surface area (Å²) in [4.78, 5) is 21.7. The third-order valence-corrected chi connectivity index (χ3v) is 2.94. The molecule has 0 spiro atoms. The molecule has 1 aromatic heterocycles. The van der Waals surface area contributed by atoms with Crippen molar-refractivity contribution in [3.63, 3.8) is 0 Å². The number of benzene rings is 1. The molecule has 2 aromatic rings. The predicted octanol–water partition coefficient (Wildman–Crippen LogP) is 2.96. The Morgan fingerprint density at radius 3 is 2.45 bits per heavy atom. The molecule has 0 saturated heterocycles. The second kappa shape index (κ2) is 5.58. The number of nitro groups is 1. The maximum atomic E-state index is 13.7. The van der Waals surface area contributed by atoms with E-state index < -0.39 is 45.8 Å². The van der Waals surface area contributed by atoms with Crippen LogP contribution in [0, 0.1) is 15.9 Å². The lowest BCUT2D eigenvalue weighted by Crippen LogP contribution is -2.28. The van der Waals surface area contributed by atoms with Crippen LogP contribution in [0.15, 0.2) is 41.3 Å². The average molecular weight is 316 g/mol. The smallest absolute Gasteiger partial charge is 0.310 e. The summed E-state index contributed by atoms with van der Waals surface area (Å²) in [6.45, 7) is -0.675. The number of nitrogens with zero attached hydrogens (tertiary/aromatic N) is 2. The van der Waals surface area contributed by atoms with Gasteiger partial charge < -0.3 is 4.57 Å². The number of alkyl halides is 3. The molecule has 22 heavy (non-hydrogen) atoms. The summed E-state index contributed by atoms with van der Waals surface area (Å²) in [6.07, 6.45) is -3.85. The summed E-state index contributed by atoms with van der Waals surface area (Å²) < 4.78 is 52.3. The number of aromatic nitrogens is 1. The van der Waals surface area contributed by atoms with Gasteiger partial charge in [-0.1, -0.05) is 6.07 Å². The second-order valence-corrected chi connectivity index (χ2v) is 4.35. The lowest BCUT2D eigenvalue weighted by Gasteiger charge is -2.11. The number of halogens is 4. The van der Waals surface area contributed by atoms with Crippen molar-refractivity contribution in [2.24, 2.45) is 0 Å². The van der Waals surface area contributed by atoms with Crippen LogP contribution in [0.1, 0.15) is 11.1 Å². The molecule has 0 bridgehead atoms. The number of hydrogen-bond acceptors (Lipinski definition) is 3. The van der Waals surface area contributed by atoms with Crippen LogP contribution < -0.4 is 5.56 Å². The Kier molecular flexibility index (Phi) is 3.98. The fourth-order valence-corrected chi connectivity index (χ4v) is 1.92. The van der Waals surface area contributed by atoms with Crippen LogP contribution in [0.5, 0.6) is 0 Å². The molecule has 0 fully saturated rings. The Labute approximate surface area is 120 Å². The first-order chi connectivity index (χ1) is 10.2. The highest BCUT2D eigenvalue weighted by Crippen LogP contribution is 2.26. The van der Waals surface area contributed by atoms with Crippen molar-refractivity contribution in [1.29, 1.82) is 0 Å². The SMILES string of the molecule is O=c1c(C(F)(F)F)cccn1Cc1c(F)cccc1[N+](=O)[O-]. The molecule has 0 atom stereocenters. The molecule has 0 N–H and O–H groups in total. The second-order valence-electron chi connectivity index (χ2n) is 4.35. The maximum absolute atomic E-state index is 13.7. The Morgan fingerprint density at radius 2 is 1.86 bits per heavy atom. The van der Waals surface area contributed by atoms with Gasteiger partial charge in [0.15, 0.2) is 0 Å². The van der Waals surface area contributed by atoms with Crippen molar-refractivity contribution in [2.45, 2.75) is 12.7 Å². The van der Waals surface area contributed by atoms with Gasteiger partial charge in [-0.3, -0.25) is 14.9 Å². The largest absolute Gasteiger partial charge is 0.421 e. The van der Waals surface area contributed by atoms with Crippen molar-refractivity contribution >= 4 is 5.69 Å². The van der Waals surface area contributed by atoms with Crippen LogP contribution in [-0.4, -0.2) is 9.49 Å². The minimum atomic E-state index is -4.86. The average Bonchev–Trinajstić information content (AvgIpc) is 2.41. The van der Waals surface area contributed by atoms with Gasteiger partial charge in [-0.05, 0) is 18.2 Å². The van der Waals surface area contributed by atoms with E-state index in [1.807, 2.05) is 0 Å². The molecule has 5 nitrogen and oxygen atoms in total. The van der Waals surface area contributed by atoms with Crippen molar-refractivity contribution < 1.29 is 22.5 Å². The Bertz CT molecular complexity index is 784. The topological polar surface area (TPSA) is 65.1 Å². The molecule has 1 heterocycles. The first-order valence-electron chi connectivity index (χ1n) is 5.90. The molecular weight excluding hydrogens is 308 g/mol. The minimum Gasteiger partial charge on any atom is -0.310 e. The van der Waals surface area contributed by atoms with Crippen LogP contribution >= 0.6 is 0 Å². The molecule has 0 aliphatic carbocycles. The monoisotopic (exact) mass is 316 g/mol. The number of rotatable bonds is 3. The van der Waals surface area contributed by atoms with Crippen LogP contribution in [0.3, 0.4) is 0 Å². The lowest BCUT2D eigenvalue weighted by atomic mass is 10.1. The van der Waals surface area contributed by atoms with Crippen molar-refractivity contribution in [3.8, 4) is 0 Å². The highest BCUT2D eigenvalue weighted by Gasteiger charge is 2.34. The Morgan fingerprint density at radius 1 is 1.18 bits per heavy atom. The van der Waals surface area contributed by atoms with E-state index in [1.54, 1.807) is 0 Å². The molecule has 2 rings (SSSR count). The van der Waals surface area contributed by atoms with Gasteiger partial charge in [0.05, 0.1) is 17.0 Å². The predicted molar refractivity (Wildman–Crippen MR) is 67.9 cm³/mol. The van der Waals surface area contributed by atoms with Gasteiger partial charge in [-0.15, -0.1) is 0 Å². The quantitative estimate of drug-likeness (QED) is 0.497. The highest BCUT2D eigenvalue weighted by molar-refractivity contribution is 5.41. The fourth-order valence-electron chi connectivity index (χ4n) is 1.92. The molecule has 9 heteroatoms. The van der Waals surface area contributed by atoms with Gasteiger partial charge in [-0.25, -0.2) is 4.39 Å². The van der Waals surface area contributed by atoms with E-state index >= 15 is 0 Å². The van der Waals surface area contributed by atoms with Gasteiger partial charge in [-0.2, -0.15) is 13.2 Å². The van der Waals surface area contributed by atoms with E-state index in [0.29, 0.717) is 10.6 Å². The van der Waals surface area contributed by atoms with Gasteiger partial charge in [0.2, 0.25) is 0 Å². The zero-order chi connectivity index (χ0) is 16.5. The third-order valence-electron chi connectivity index (χ3n) is 2.94. The number of hydrogen-bond donors (Lipinski definition) is 0. The highest BCUT2D eigenvalue weighted by atomic mass is 19.4. The van der Waals surface area contributed by atoms with Crippen LogP contribution in [0.2, 0.25) is 0 Å². The molecule has 0 radical (unpaired) electrons. The molecule has 116 valence electrons. The first kappa shape index (κ1) is 15.7. The van der Waals surface area contributed by atoms with Gasteiger partial charge in [0, 0.05) is 12.3 Å². The van der Waals surface area contributed by atoms with Gasteiger partial charge >= 0.3 is 6.18 Å². The number of pyridine rings is 1. The van der Waals surface area contributed by atoms with Crippen LogP contribution in [0.4, 0.5) is 23.2 Å². The summed E-state index contributed by atoms with van der Waals surface area (Å²) in [5.74, 6) is -0.974. The third kappa shape index (κ3) is 2.97. The van der Waals surface area contributed by atoms with Crippen molar-refractivity contribution in [2.75, 3.05) is 0 Å². The minimum absolute atomic E-state index is 0.464. The molecular formula is C13H8F4N2O3. The van der Waals surface area contributed by atoms with Gasteiger partial charge in [0.25, 0.3) is 11.2 Å². The van der Waals surface area contributed by atoms with E-state index in [4.69, 9.17) is 0 Å². The summed E-state index contributed by atoms with van der Waals surface area (Å²) in [6, 6.07) is 4.61. The molecule has 0 aliphatic rings. The zero-order valence-corrected chi connectivity index (χ0v) is 10.8. The van der Waals surface area contributed by atoms with Crippen LogP contribution in [0.25, 0.3) is 0 Å². The van der Waals surface area contributed by atoms with Crippen molar-refractivity contribution in [1.82, 2.24) is 4.57 Å². The lowest BCUT2D eigenvalue weighted by molar-refractivity contribution is -0.385. The summed E-state index contributed by atoms with van der Waals surface area (Å²) >= 11 is 0. The summed E-state index contributed by atoms with van der Waals surface area (Å²) in [5.41, 5.74) is -3.89. The molecule has 0 unspecified atom stereocenters. The van der Waals surface area contributed by atoms with E-state index in [-0.39, 0.29) is 0 Å². The maximum Gasteiger partial charge on any atom is 0.421 e. The molecule has 1 aromatic carbocycles. The van der Waals surface area contributed by atoms with Crippen LogP contribution in [-0.2, 0) is 12.7 Å². The molecule has 0 amide bonds. The standard InChI is InChI=1S/C13H8F4N2O3/c14-10-4-1-5-11(19(21)22)8(10)7-18-6-2-3-9(12(18)20)13(15,16)17/h1-6H,7H2.